The summed E-state index contributed by atoms with van der Waals surface area (Å²) < 4.78 is 53.3. The first-order valence-corrected chi connectivity index (χ1v) is 14.4. The van der Waals surface area contributed by atoms with Crippen molar-refractivity contribution in [2.45, 2.75) is 37.1 Å². The molecular weight excluding hydrogens is 595 g/mol. The van der Waals surface area contributed by atoms with Crippen LogP contribution in [0.5, 0.6) is 0 Å². The van der Waals surface area contributed by atoms with Crippen LogP contribution in [0.2, 0.25) is 0 Å². The quantitative estimate of drug-likeness (QED) is 0.111. The molecule has 2 aromatic heterocycles. The number of ether oxygens (including phenoxy) is 1. The number of hydrogen-bond donors (Lipinski definition) is 8. The Labute approximate surface area is 210 Å². The number of aromatic nitrogens is 4. The van der Waals surface area contributed by atoms with Crippen LogP contribution in [0.25, 0.3) is 11.2 Å². The zero-order valence-corrected chi connectivity index (χ0v) is 21.7. The van der Waals surface area contributed by atoms with Crippen molar-refractivity contribution in [2.75, 3.05) is 5.73 Å². The summed E-state index contributed by atoms with van der Waals surface area (Å²) in [6, 6.07) is 0. The molecule has 0 amide bonds. The molecule has 18 nitrogen and oxygen atoms in total. The Bertz CT molecular complexity index is 1440. The molecule has 3 heterocycles. The van der Waals surface area contributed by atoms with E-state index in [2.05, 4.69) is 34.0 Å². The van der Waals surface area contributed by atoms with Gasteiger partial charge in [0.2, 0.25) is 11.5 Å². The van der Waals surface area contributed by atoms with Crippen LogP contribution in [0.1, 0.15) is 13.2 Å². The molecule has 0 aromatic carbocycles. The van der Waals surface area contributed by atoms with E-state index in [9.17, 15) is 33.7 Å². The minimum absolute atomic E-state index is 0.00978. The number of nitrogen functional groups attached to an aromatic ring is 1. The molecule has 0 bridgehead atoms. The lowest BCUT2D eigenvalue weighted by atomic mass is 9.93. The Balaban J connectivity index is 1.92. The summed E-state index contributed by atoms with van der Waals surface area (Å²) in [5.74, 6) is 2.03. The van der Waals surface area contributed by atoms with Gasteiger partial charge in [0, 0.05) is 5.38 Å². The zero-order chi connectivity index (χ0) is 27.3. The molecule has 0 radical (unpaired) electrons. The number of hydrogen-bond acceptors (Lipinski definition) is 13. The van der Waals surface area contributed by atoms with Crippen LogP contribution in [0.3, 0.4) is 0 Å². The largest absolute Gasteiger partial charge is 0.490 e. The van der Waals surface area contributed by atoms with Crippen molar-refractivity contribution in [3.8, 4) is 11.3 Å². The van der Waals surface area contributed by atoms with Crippen molar-refractivity contribution in [1.82, 2.24) is 19.5 Å². The van der Waals surface area contributed by atoms with Gasteiger partial charge in [-0.25, -0.2) is 18.7 Å². The highest BCUT2D eigenvalue weighted by Crippen LogP contribution is 2.66. The van der Waals surface area contributed by atoms with Gasteiger partial charge in [-0.1, -0.05) is 12.2 Å². The monoisotopic (exact) mass is 611 g/mol. The molecule has 1 fully saturated rings. The van der Waals surface area contributed by atoms with E-state index in [1.165, 1.54) is 0 Å². The van der Waals surface area contributed by atoms with Crippen LogP contribution in [0.15, 0.2) is 6.33 Å². The van der Waals surface area contributed by atoms with Gasteiger partial charge >= 0.3 is 23.5 Å². The van der Waals surface area contributed by atoms with Crippen molar-refractivity contribution < 1.29 is 61.4 Å². The van der Waals surface area contributed by atoms with Crippen LogP contribution in [-0.2, 0) is 31.6 Å². The second-order valence-electron chi connectivity index (χ2n) is 7.12. The first-order chi connectivity index (χ1) is 16.4. The number of nitrogens with one attached hydrogen (secondary N) is 1. The summed E-state index contributed by atoms with van der Waals surface area (Å²) in [6.45, 7) is 1.03. The van der Waals surface area contributed by atoms with Crippen molar-refractivity contribution in [3.63, 3.8) is 0 Å². The summed E-state index contributed by atoms with van der Waals surface area (Å²) in [5.41, 5.74) is 3.28. The van der Waals surface area contributed by atoms with Crippen LogP contribution in [0, 0.1) is 15.9 Å². The lowest BCUT2D eigenvalue weighted by Gasteiger charge is -2.27. The molecule has 1 aliphatic rings. The Hall–Kier alpha value is -1.29. The van der Waals surface area contributed by atoms with E-state index >= 15 is 0 Å². The van der Waals surface area contributed by atoms with Gasteiger partial charge in [0.1, 0.15) is 22.4 Å². The first kappa shape index (κ1) is 29.3. The summed E-state index contributed by atoms with van der Waals surface area (Å²) in [7, 11) is -17.0. The van der Waals surface area contributed by atoms with Gasteiger partial charge < -0.3 is 45.2 Å². The summed E-state index contributed by atoms with van der Waals surface area (Å²) in [6.07, 6.45) is -5.94. The van der Waals surface area contributed by atoms with E-state index < -0.39 is 53.6 Å². The Morgan fingerprint density at radius 3 is 2.53 bits per heavy atom. The number of aliphatic hydroxyl groups excluding tert-OH is 1. The molecular formula is C13H17ClN5O13P3S. The first-order valence-electron chi connectivity index (χ1n) is 9.12. The third kappa shape index (κ3) is 6.22. The summed E-state index contributed by atoms with van der Waals surface area (Å²) in [4.78, 5) is 46.9. The zero-order valence-electron chi connectivity index (χ0n) is 17.5. The minimum Gasteiger partial charge on any atom is -0.386 e. The van der Waals surface area contributed by atoms with E-state index in [1.54, 1.807) is 0 Å². The molecule has 200 valence electrons. The van der Waals surface area contributed by atoms with Gasteiger partial charge in [-0.05, 0) is 24.4 Å². The van der Waals surface area contributed by atoms with Crippen molar-refractivity contribution in [3.05, 3.63) is 11.0 Å². The van der Waals surface area contributed by atoms with Crippen LogP contribution < -0.4 is 5.73 Å². The second-order valence-corrected chi connectivity index (χ2v) is 12.1. The van der Waals surface area contributed by atoms with E-state index in [4.69, 9.17) is 44.1 Å². The van der Waals surface area contributed by atoms with Gasteiger partial charge in [-0.2, -0.15) is 13.6 Å². The maximum atomic E-state index is 12.2. The molecule has 9 N–H and O–H groups in total. The standard InChI is InChI=1S/C13H17ClN5O13P3S/c1-5(30-34(25,26)32-35(27,28)31-33(22,23)24)7-8(20)13(21,2-3-14)11(29-7)19-4-16-6-9(19)17-12(15)18-10(6)36/h4-5,7-8,11,20-21H,1H3,(H,25,26)(H,27,28)(H2,22,23,24)(H3,15,17,18,36)/t5-,7-,8+,11-,13?/m1/s1. The van der Waals surface area contributed by atoms with Gasteiger partial charge in [0.05, 0.1) is 12.4 Å². The Kier molecular flexibility index (Phi) is 8.22. The van der Waals surface area contributed by atoms with Gasteiger partial charge in [-0.3, -0.25) is 9.09 Å². The molecule has 2 aromatic rings. The van der Waals surface area contributed by atoms with Crippen molar-refractivity contribution in [1.29, 1.82) is 0 Å². The maximum absolute atomic E-state index is 12.2. The fraction of sp³-hybridized carbons (Fsp3) is 0.462. The molecule has 1 aliphatic heterocycles. The third-order valence-corrected chi connectivity index (χ3v) is 8.87. The number of H-pyrrole nitrogens is 1. The van der Waals surface area contributed by atoms with Gasteiger partial charge in [-0.15, -0.1) is 0 Å². The number of fused-ring (bicyclic) bond motifs is 1. The number of phosphoric acid groups is 3. The fourth-order valence-corrected chi connectivity index (χ4v) is 6.86. The Morgan fingerprint density at radius 1 is 1.31 bits per heavy atom. The maximum Gasteiger partial charge on any atom is 0.490 e. The number of rotatable bonds is 8. The smallest absolute Gasteiger partial charge is 0.386 e. The highest BCUT2D eigenvalue weighted by molar-refractivity contribution is 7.71. The average Bonchev–Trinajstić information content (AvgIpc) is 3.18. The normalized spacial score (nSPS) is 28.7. The van der Waals surface area contributed by atoms with Crippen molar-refractivity contribution >= 4 is 64.4 Å². The molecule has 36 heavy (non-hydrogen) atoms. The molecule has 0 saturated carbocycles. The van der Waals surface area contributed by atoms with E-state index in [0.29, 0.717) is 0 Å². The highest BCUT2D eigenvalue weighted by Gasteiger charge is 2.58. The van der Waals surface area contributed by atoms with Crippen LogP contribution in [-0.4, -0.2) is 73.2 Å². The topological polar surface area (TPSA) is 282 Å². The lowest BCUT2D eigenvalue weighted by molar-refractivity contribution is -0.0831. The molecule has 7 atom stereocenters. The van der Waals surface area contributed by atoms with Crippen molar-refractivity contribution in [2.24, 2.45) is 0 Å². The predicted molar refractivity (Wildman–Crippen MR) is 120 cm³/mol. The average molecular weight is 612 g/mol. The van der Waals surface area contributed by atoms with Crippen LogP contribution in [0.4, 0.5) is 5.95 Å². The van der Waals surface area contributed by atoms with E-state index in [0.717, 1.165) is 17.8 Å². The number of phosphoric ester groups is 1. The lowest BCUT2D eigenvalue weighted by Crippen LogP contribution is -2.47. The predicted octanol–water partition coefficient (Wildman–Crippen LogP) is -0.00801. The number of nitrogens with two attached hydrogens (primary N) is 1. The molecule has 1 saturated heterocycles. The number of aliphatic hydroxyl groups is 2. The highest BCUT2D eigenvalue weighted by atomic mass is 35.5. The third-order valence-electron chi connectivity index (χ3n) is 4.55. The van der Waals surface area contributed by atoms with Gasteiger partial charge in [0.25, 0.3) is 0 Å². The molecule has 3 unspecified atom stereocenters. The number of halogens is 1. The molecule has 0 aliphatic carbocycles. The summed E-state index contributed by atoms with van der Waals surface area (Å²) in [5, 5.41) is 23.8. The number of imidazole rings is 1. The molecule has 0 spiro atoms. The Morgan fingerprint density at radius 2 is 1.94 bits per heavy atom. The number of anilines is 1. The van der Waals surface area contributed by atoms with E-state index in [-0.39, 0.29) is 21.8 Å². The summed E-state index contributed by atoms with van der Waals surface area (Å²) >= 11 is 10.6. The minimum atomic E-state index is -5.80. The SMILES string of the molecule is C[C@@H](OP(=O)(O)OP(=O)(O)OP(=O)(O)O)[C@H]1O[C@@H](n2cnc3c(=S)[nH]c(N)nc32)C(O)(C#CCl)[C@H]1O. The van der Waals surface area contributed by atoms with E-state index in [1.807, 2.05) is 5.38 Å². The number of aromatic amines is 1. The second kappa shape index (κ2) is 10.1. The van der Waals surface area contributed by atoms with Crippen LogP contribution >= 0.6 is 47.3 Å². The molecule has 3 rings (SSSR count). The molecule has 23 heteroatoms. The van der Waals surface area contributed by atoms with Gasteiger partial charge in [0.15, 0.2) is 11.9 Å². The number of nitrogens with zero attached hydrogens (tertiary/aromatic N) is 3. The fourth-order valence-electron chi connectivity index (χ4n) is 3.26.